The molecule has 0 aliphatic carbocycles. The molecule has 100 valence electrons. The molecule has 1 saturated heterocycles. The number of carbonyl (C=O) groups excluding carboxylic acids is 1. The van der Waals surface area contributed by atoms with Crippen LogP contribution in [0.15, 0.2) is 4.42 Å². The number of hydrogen-bond donors (Lipinski definition) is 2. The van der Waals surface area contributed by atoms with E-state index in [0.29, 0.717) is 24.9 Å². The Morgan fingerprint density at radius 2 is 2.22 bits per heavy atom. The van der Waals surface area contributed by atoms with Gasteiger partial charge in [-0.3, -0.25) is 4.79 Å². The normalized spacial score (nSPS) is 16.9. The van der Waals surface area contributed by atoms with Crippen LogP contribution in [0.1, 0.15) is 18.7 Å². The maximum Gasteiger partial charge on any atom is 0.318 e. The van der Waals surface area contributed by atoms with E-state index < -0.39 is 0 Å². The minimum absolute atomic E-state index is 0.0951. The summed E-state index contributed by atoms with van der Waals surface area (Å²) < 4.78 is 5.51. The van der Waals surface area contributed by atoms with Crippen molar-refractivity contribution in [2.75, 3.05) is 31.6 Å². The van der Waals surface area contributed by atoms with Crippen molar-refractivity contribution < 1.29 is 9.21 Å². The molecular weight excluding hydrogens is 234 g/mol. The molecule has 0 spiro atoms. The minimum atomic E-state index is 0.0951. The molecule has 3 N–H and O–H groups in total. The van der Waals surface area contributed by atoms with Crippen molar-refractivity contribution in [1.29, 1.82) is 0 Å². The van der Waals surface area contributed by atoms with Crippen molar-refractivity contribution in [3.05, 3.63) is 5.89 Å². The van der Waals surface area contributed by atoms with Gasteiger partial charge in [-0.2, -0.15) is 0 Å². The van der Waals surface area contributed by atoms with Gasteiger partial charge in [0.15, 0.2) is 0 Å². The Balaban J connectivity index is 1.90. The molecule has 7 heteroatoms. The van der Waals surface area contributed by atoms with Crippen LogP contribution in [-0.2, 0) is 11.2 Å². The smallest absolute Gasteiger partial charge is 0.318 e. The molecule has 1 aliphatic rings. The lowest BCUT2D eigenvalue weighted by molar-refractivity contribution is -0.125. The predicted octanol–water partition coefficient (Wildman–Crippen LogP) is -0.467. The van der Waals surface area contributed by atoms with Gasteiger partial charge in [0.2, 0.25) is 11.8 Å². The summed E-state index contributed by atoms with van der Waals surface area (Å²) in [5.74, 6) is 0.780. The summed E-state index contributed by atoms with van der Waals surface area (Å²) in [6, 6.07) is 0.536. The van der Waals surface area contributed by atoms with Crippen molar-refractivity contribution in [3.63, 3.8) is 0 Å². The zero-order valence-corrected chi connectivity index (χ0v) is 10.6. The molecule has 7 nitrogen and oxygen atoms in total. The van der Waals surface area contributed by atoms with Crippen LogP contribution >= 0.6 is 0 Å². The van der Waals surface area contributed by atoms with Crippen LogP contribution in [0.5, 0.6) is 0 Å². The summed E-state index contributed by atoms with van der Waals surface area (Å²) in [6.07, 6.45) is 2.23. The highest BCUT2D eigenvalue weighted by Gasteiger charge is 2.26. The monoisotopic (exact) mass is 253 g/mol. The molecule has 0 atom stereocenters. The number of nitrogens with two attached hydrogens (primary N) is 1. The van der Waals surface area contributed by atoms with Crippen LogP contribution in [0.25, 0.3) is 0 Å². The van der Waals surface area contributed by atoms with Crippen molar-refractivity contribution in [3.8, 4) is 0 Å². The molecular formula is C11H19N5O2. The van der Waals surface area contributed by atoms with Crippen molar-refractivity contribution in [1.82, 2.24) is 15.5 Å². The average molecular weight is 253 g/mol. The van der Waals surface area contributed by atoms with Crippen LogP contribution in [0.3, 0.4) is 0 Å². The first-order valence-corrected chi connectivity index (χ1v) is 6.23. The van der Waals surface area contributed by atoms with Gasteiger partial charge in [0.25, 0.3) is 0 Å². The van der Waals surface area contributed by atoms with Gasteiger partial charge in [-0.25, -0.2) is 0 Å². The van der Waals surface area contributed by atoms with E-state index in [-0.39, 0.29) is 11.8 Å². The number of amides is 1. The van der Waals surface area contributed by atoms with Gasteiger partial charge < -0.3 is 20.4 Å². The molecule has 0 saturated carbocycles. The number of anilines is 1. The molecule has 18 heavy (non-hydrogen) atoms. The molecule has 1 aromatic heterocycles. The predicted molar refractivity (Wildman–Crippen MR) is 66.1 cm³/mol. The largest absolute Gasteiger partial charge is 0.408 e. The van der Waals surface area contributed by atoms with Gasteiger partial charge in [-0.05, 0) is 12.8 Å². The Bertz CT molecular complexity index is 398. The van der Waals surface area contributed by atoms with E-state index in [1.54, 1.807) is 7.05 Å². The first-order chi connectivity index (χ1) is 8.74. The molecule has 1 fully saturated rings. The number of aromatic nitrogens is 2. The standard InChI is InChI=1S/C11H19N5O2/c1-13-10(17)8-3-6-16(7-4-8)11-15-14-9(18-11)2-5-12/h8H,2-7,12H2,1H3,(H,13,17). The summed E-state index contributed by atoms with van der Waals surface area (Å²) in [7, 11) is 1.67. The fraction of sp³-hybridized carbons (Fsp3) is 0.727. The molecule has 1 aliphatic heterocycles. The second kappa shape index (κ2) is 5.81. The second-order valence-electron chi connectivity index (χ2n) is 4.39. The number of hydrogen-bond acceptors (Lipinski definition) is 6. The number of rotatable bonds is 4. The molecule has 0 unspecified atom stereocenters. The Morgan fingerprint density at radius 3 is 2.83 bits per heavy atom. The van der Waals surface area contributed by atoms with E-state index in [1.807, 2.05) is 4.90 Å². The molecule has 0 bridgehead atoms. The highest BCUT2D eigenvalue weighted by atomic mass is 16.4. The maximum atomic E-state index is 11.5. The fourth-order valence-corrected chi connectivity index (χ4v) is 2.13. The minimum Gasteiger partial charge on any atom is -0.408 e. The third-order valence-electron chi connectivity index (χ3n) is 3.20. The third-order valence-corrected chi connectivity index (χ3v) is 3.20. The van der Waals surface area contributed by atoms with Crippen molar-refractivity contribution in [2.24, 2.45) is 11.7 Å². The molecule has 0 radical (unpaired) electrons. The number of nitrogens with zero attached hydrogens (tertiary/aromatic N) is 3. The van der Waals surface area contributed by atoms with Crippen LogP contribution in [0, 0.1) is 5.92 Å². The molecule has 0 aromatic carbocycles. The van der Waals surface area contributed by atoms with Gasteiger partial charge >= 0.3 is 6.01 Å². The Labute approximate surface area is 106 Å². The fourth-order valence-electron chi connectivity index (χ4n) is 2.13. The second-order valence-corrected chi connectivity index (χ2v) is 4.39. The van der Waals surface area contributed by atoms with Crippen LogP contribution in [0.4, 0.5) is 6.01 Å². The van der Waals surface area contributed by atoms with Gasteiger partial charge in [-0.15, -0.1) is 5.10 Å². The van der Waals surface area contributed by atoms with E-state index >= 15 is 0 Å². The number of nitrogens with one attached hydrogen (secondary N) is 1. The van der Waals surface area contributed by atoms with Crippen molar-refractivity contribution in [2.45, 2.75) is 19.3 Å². The topological polar surface area (TPSA) is 97.3 Å². The van der Waals surface area contributed by atoms with Crippen LogP contribution in [-0.4, -0.2) is 42.8 Å². The van der Waals surface area contributed by atoms with Crippen molar-refractivity contribution >= 4 is 11.9 Å². The zero-order valence-electron chi connectivity index (χ0n) is 10.6. The summed E-state index contributed by atoms with van der Waals surface area (Å²) >= 11 is 0. The lowest BCUT2D eigenvalue weighted by Gasteiger charge is -2.29. The van der Waals surface area contributed by atoms with E-state index in [0.717, 1.165) is 25.9 Å². The van der Waals surface area contributed by atoms with Gasteiger partial charge in [0, 0.05) is 39.0 Å². The molecule has 1 aromatic rings. The molecule has 2 rings (SSSR count). The number of carbonyl (C=O) groups is 1. The first-order valence-electron chi connectivity index (χ1n) is 6.23. The quantitative estimate of drug-likeness (QED) is 0.753. The molecule has 2 heterocycles. The number of piperidine rings is 1. The highest BCUT2D eigenvalue weighted by molar-refractivity contribution is 5.78. The van der Waals surface area contributed by atoms with Crippen LogP contribution in [0.2, 0.25) is 0 Å². The van der Waals surface area contributed by atoms with Gasteiger partial charge in [-0.1, -0.05) is 5.10 Å². The lowest BCUT2D eigenvalue weighted by atomic mass is 9.96. The summed E-state index contributed by atoms with van der Waals surface area (Å²) in [4.78, 5) is 13.5. The first kappa shape index (κ1) is 12.8. The summed E-state index contributed by atoms with van der Waals surface area (Å²) in [5, 5.41) is 10.6. The average Bonchev–Trinajstić information content (AvgIpc) is 2.87. The SMILES string of the molecule is CNC(=O)C1CCN(c2nnc(CCN)o2)CC1. The highest BCUT2D eigenvalue weighted by Crippen LogP contribution is 2.22. The summed E-state index contributed by atoms with van der Waals surface area (Å²) in [5.41, 5.74) is 5.43. The lowest BCUT2D eigenvalue weighted by Crippen LogP contribution is -2.39. The van der Waals surface area contributed by atoms with E-state index in [1.165, 1.54) is 0 Å². The Hall–Kier alpha value is -1.63. The van der Waals surface area contributed by atoms with Crippen LogP contribution < -0.4 is 16.0 Å². The zero-order chi connectivity index (χ0) is 13.0. The van der Waals surface area contributed by atoms with E-state index in [2.05, 4.69) is 15.5 Å². The van der Waals surface area contributed by atoms with E-state index in [9.17, 15) is 4.79 Å². The maximum absolute atomic E-state index is 11.5. The van der Waals surface area contributed by atoms with Gasteiger partial charge in [0.1, 0.15) is 0 Å². The Kier molecular flexibility index (Phi) is 4.14. The summed E-state index contributed by atoms with van der Waals surface area (Å²) in [6.45, 7) is 2.03. The third kappa shape index (κ3) is 2.79. The molecule has 1 amide bonds. The van der Waals surface area contributed by atoms with Gasteiger partial charge in [0.05, 0.1) is 0 Å². The van der Waals surface area contributed by atoms with E-state index in [4.69, 9.17) is 10.2 Å². The Morgan fingerprint density at radius 1 is 1.50 bits per heavy atom.